The van der Waals surface area contributed by atoms with E-state index in [1.165, 1.54) is 5.56 Å². The summed E-state index contributed by atoms with van der Waals surface area (Å²) in [5, 5.41) is 3.30. The molecule has 1 aromatic rings. The molecule has 0 aliphatic carbocycles. The maximum atomic E-state index is 11.8. The summed E-state index contributed by atoms with van der Waals surface area (Å²) in [6.45, 7) is 3.09. The van der Waals surface area contributed by atoms with Crippen LogP contribution in [0.4, 0.5) is 13.2 Å². The highest BCUT2D eigenvalue weighted by molar-refractivity contribution is 5.27. The number of nitrogens with one attached hydrogen (secondary N) is 1. The predicted molar refractivity (Wildman–Crippen MR) is 75.4 cm³/mol. The zero-order chi connectivity index (χ0) is 15.6. The lowest BCUT2D eigenvalue weighted by Gasteiger charge is -2.09. The number of halogens is 3. The highest BCUT2D eigenvalue weighted by atomic mass is 19.4. The van der Waals surface area contributed by atoms with Gasteiger partial charge in [-0.2, -0.15) is 13.2 Å². The lowest BCUT2D eigenvalue weighted by Crippen LogP contribution is -2.18. The van der Waals surface area contributed by atoms with Gasteiger partial charge in [-0.25, -0.2) is 0 Å². The lowest BCUT2D eigenvalue weighted by atomic mass is 10.2. The number of rotatable bonds is 10. The van der Waals surface area contributed by atoms with Crippen molar-refractivity contribution < 1.29 is 22.6 Å². The van der Waals surface area contributed by atoms with Gasteiger partial charge in [0.25, 0.3) is 0 Å². The largest absolute Gasteiger partial charge is 0.494 e. The van der Waals surface area contributed by atoms with Crippen LogP contribution in [0.3, 0.4) is 0 Å². The average Bonchev–Trinajstić information content (AvgIpc) is 2.43. The second-order valence-electron chi connectivity index (χ2n) is 4.69. The first-order valence-corrected chi connectivity index (χ1v) is 7.08. The van der Waals surface area contributed by atoms with Crippen molar-refractivity contribution in [1.29, 1.82) is 0 Å². The number of benzene rings is 1. The molecule has 0 saturated heterocycles. The van der Waals surface area contributed by atoms with Crippen LogP contribution in [-0.2, 0) is 11.3 Å². The van der Waals surface area contributed by atoms with Gasteiger partial charge in [0, 0.05) is 13.0 Å². The van der Waals surface area contributed by atoms with Crippen molar-refractivity contribution in [2.45, 2.75) is 32.5 Å². The quantitative estimate of drug-likeness (QED) is 0.671. The van der Waals surface area contributed by atoms with E-state index in [-0.39, 0.29) is 6.61 Å². The summed E-state index contributed by atoms with van der Waals surface area (Å²) in [6, 6.07) is 7.66. The van der Waals surface area contributed by atoms with Gasteiger partial charge < -0.3 is 14.8 Å². The standard InChI is InChI=1S/C15H22F3NO2/c1-2-8-19-11-13-4-6-14(7-5-13)21-10-3-9-20-12-15(16,17)18/h4-7,19H,2-3,8-12H2,1H3. The van der Waals surface area contributed by atoms with E-state index < -0.39 is 12.8 Å². The zero-order valence-corrected chi connectivity index (χ0v) is 12.2. The molecule has 1 N–H and O–H groups in total. The van der Waals surface area contributed by atoms with Crippen molar-refractivity contribution in [2.75, 3.05) is 26.4 Å². The molecular weight excluding hydrogens is 283 g/mol. The molecule has 21 heavy (non-hydrogen) atoms. The Hall–Kier alpha value is -1.27. The Bertz CT molecular complexity index is 380. The highest BCUT2D eigenvalue weighted by Gasteiger charge is 2.27. The molecule has 0 atom stereocenters. The predicted octanol–water partition coefficient (Wildman–Crippen LogP) is 3.53. The molecular formula is C15H22F3NO2. The van der Waals surface area contributed by atoms with Gasteiger partial charge in [-0.05, 0) is 30.7 Å². The van der Waals surface area contributed by atoms with Crippen LogP contribution in [0.15, 0.2) is 24.3 Å². The van der Waals surface area contributed by atoms with Crippen molar-refractivity contribution in [3.63, 3.8) is 0 Å². The van der Waals surface area contributed by atoms with Crippen LogP contribution in [0.2, 0.25) is 0 Å². The molecule has 3 nitrogen and oxygen atoms in total. The first-order chi connectivity index (χ1) is 10.0. The molecule has 120 valence electrons. The van der Waals surface area contributed by atoms with Crippen LogP contribution >= 0.6 is 0 Å². The highest BCUT2D eigenvalue weighted by Crippen LogP contribution is 2.15. The third-order valence-electron chi connectivity index (χ3n) is 2.65. The fourth-order valence-electron chi connectivity index (χ4n) is 1.65. The van der Waals surface area contributed by atoms with E-state index in [2.05, 4.69) is 17.0 Å². The lowest BCUT2D eigenvalue weighted by molar-refractivity contribution is -0.174. The molecule has 0 fully saturated rings. The van der Waals surface area contributed by atoms with Crippen molar-refractivity contribution in [3.8, 4) is 5.75 Å². The molecule has 0 aliphatic heterocycles. The van der Waals surface area contributed by atoms with E-state index in [0.29, 0.717) is 18.8 Å². The minimum atomic E-state index is -4.26. The number of alkyl halides is 3. The molecule has 0 saturated carbocycles. The molecule has 1 aromatic carbocycles. The van der Waals surface area contributed by atoms with E-state index in [1.54, 1.807) is 0 Å². The van der Waals surface area contributed by atoms with Gasteiger partial charge in [-0.3, -0.25) is 0 Å². The second-order valence-corrected chi connectivity index (χ2v) is 4.69. The smallest absolute Gasteiger partial charge is 0.411 e. The number of ether oxygens (including phenoxy) is 2. The maximum Gasteiger partial charge on any atom is 0.411 e. The topological polar surface area (TPSA) is 30.5 Å². The third kappa shape index (κ3) is 9.31. The van der Waals surface area contributed by atoms with Gasteiger partial charge in [0.1, 0.15) is 12.4 Å². The Morgan fingerprint density at radius 3 is 2.43 bits per heavy atom. The summed E-state index contributed by atoms with van der Waals surface area (Å²) in [5.41, 5.74) is 1.17. The van der Waals surface area contributed by atoms with E-state index in [1.807, 2.05) is 24.3 Å². The average molecular weight is 305 g/mol. The van der Waals surface area contributed by atoms with Crippen LogP contribution in [0, 0.1) is 0 Å². The molecule has 1 rings (SSSR count). The summed E-state index contributed by atoms with van der Waals surface area (Å²) < 4.78 is 45.4. The van der Waals surface area contributed by atoms with Gasteiger partial charge in [0.05, 0.1) is 13.2 Å². The minimum Gasteiger partial charge on any atom is -0.494 e. The first-order valence-electron chi connectivity index (χ1n) is 7.08. The van der Waals surface area contributed by atoms with Crippen molar-refractivity contribution in [2.24, 2.45) is 0 Å². The van der Waals surface area contributed by atoms with Crippen LogP contribution in [-0.4, -0.2) is 32.5 Å². The molecule has 0 unspecified atom stereocenters. The minimum absolute atomic E-state index is 0.0402. The van der Waals surface area contributed by atoms with E-state index in [0.717, 1.165) is 19.5 Å². The first kappa shape index (κ1) is 17.8. The fourth-order valence-corrected chi connectivity index (χ4v) is 1.65. The molecule has 0 aliphatic rings. The Morgan fingerprint density at radius 2 is 1.81 bits per heavy atom. The van der Waals surface area contributed by atoms with Crippen LogP contribution in [0.1, 0.15) is 25.3 Å². The summed E-state index contributed by atoms with van der Waals surface area (Å²) in [4.78, 5) is 0. The monoisotopic (exact) mass is 305 g/mol. The van der Waals surface area contributed by atoms with E-state index >= 15 is 0 Å². The molecule has 0 heterocycles. The zero-order valence-electron chi connectivity index (χ0n) is 12.2. The molecule has 0 spiro atoms. The number of hydrogen-bond donors (Lipinski definition) is 1. The molecule has 0 amide bonds. The van der Waals surface area contributed by atoms with E-state index in [9.17, 15) is 13.2 Å². The van der Waals surface area contributed by atoms with Crippen molar-refractivity contribution in [3.05, 3.63) is 29.8 Å². The Morgan fingerprint density at radius 1 is 1.10 bits per heavy atom. The van der Waals surface area contributed by atoms with Gasteiger partial charge in [0.2, 0.25) is 0 Å². The summed E-state index contributed by atoms with van der Waals surface area (Å²) >= 11 is 0. The van der Waals surface area contributed by atoms with Gasteiger partial charge >= 0.3 is 6.18 Å². The van der Waals surface area contributed by atoms with Crippen LogP contribution < -0.4 is 10.1 Å². The molecule has 6 heteroatoms. The van der Waals surface area contributed by atoms with Crippen molar-refractivity contribution >= 4 is 0 Å². The number of hydrogen-bond acceptors (Lipinski definition) is 3. The Labute approximate surface area is 123 Å². The second kappa shape index (κ2) is 9.63. The summed E-state index contributed by atoms with van der Waals surface area (Å²) in [5.74, 6) is 0.713. The molecule has 0 aromatic heterocycles. The van der Waals surface area contributed by atoms with Crippen LogP contribution in [0.25, 0.3) is 0 Å². The molecule has 0 radical (unpaired) electrons. The summed E-state index contributed by atoms with van der Waals surface area (Å²) in [7, 11) is 0. The van der Waals surface area contributed by atoms with Gasteiger partial charge in [-0.1, -0.05) is 19.1 Å². The SMILES string of the molecule is CCCNCc1ccc(OCCCOCC(F)(F)F)cc1. The molecule has 0 bridgehead atoms. The van der Waals surface area contributed by atoms with Gasteiger partial charge in [-0.15, -0.1) is 0 Å². The Balaban J connectivity index is 2.12. The van der Waals surface area contributed by atoms with E-state index in [4.69, 9.17) is 4.74 Å². The fraction of sp³-hybridized carbons (Fsp3) is 0.600. The van der Waals surface area contributed by atoms with Crippen LogP contribution in [0.5, 0.6) is 5.75 Å². The van der Waals surface area contributed by atoms with Crippen molar-refractivity contribution in [1.82, 2.24) is 5.32 Å². The summed E-state index contributed by atoms with van der Waals surface area (Å²) in [6.07, 6.45) is -2.74. The maximum absolute atomic E-state index is 11.8. The Kier molecular flexibility index (Phi) is 8.15. The third-order valence-corrected chi connectivity index (χ3v) is 2.65. The normalized spacial score (nSPS) is 11.6. The van der Waals surface area contributed by atoms with Gasteiger partial charge in [0.15, 0.2) is 0 Å².